The molecular weight excluding hydrogens is 334 g/mol. The summed E-state index contributed by atoms with van der Waals surface area (Å²) in [6, 6.07) is 10.6. The number of ether oxygens (including phenoxy) is 4. The molecule has 3 rings (SSSR count). The minimum absolute atomic E-state index is 0.333. The zero-order valence-electron chi connectivity index (χ0n) is 13.0. The highest BCUT2D eigenvalue weighted by molar-refractivity contribution is 6.32. The van der Waals surface area contributed by atoms with Gasteiger partial charge in [-0.25, -0.2) is 4.79 Å². The van der Waals surface area contributed by atoms with Crippen LogP contribution >= 0.6 is 11.6 Å². The van der Waals surface area contributed by atoms with Crippen LogP contribution < -0.4 is 19.5 Å². The van der Waals surface area contributed by atoms with E-state index in [4.69, 9.17) is 25.8 Å². The minimum atomic E-state index is -0.519. The van der Waals surface area contributed by atoms with Crippen molar-refractivity contribution < 1.29 is 23.7 Å². The van der Waals surface area contributed by atoms with Crippen LogP contribution in [0.25, 0.3) is 0 Å². The van der Waals surface area contributed by atoms with E-state index < -0.39 is 6.09 Å². The van der Waals surface area contributed by atoms with E-state index in [1.807, 2.05) is 6.07 Å². The van der Waals surface area contributed by atoms with Crippen molar-refractivity contribution in [2.24, 2.45) is 0 Å². The first-order valence-electron chi connectivity index (χ1n) is 7.31. The zero-order valence-corrected chi connectivity index (χ0v) is 13.8. The summed E-state index contributed by atoms with van der Waals surface area (Å²) in [5.41, 5.74) is 1.50. The fraction of sp³-hybridized carbons (Fsp3) is 0.235. The molecule has 2 aromatic rings. The van der Waals surface area contributed by atoms with Crippen LogP contribution in [-0.2, 0) is 11.3 Å². The Labute approximate surface area is 144 Å². The molecule has 1 heterocycles. The largest absolute Gasteiger partial charge is 0.489 e. The van der Waals surface area contributed by atoms with Crippen molar-refractivity contribution in [3.8, 4) is 17.2 Å². The van der Waals surface area contributed by atoms with E-state index in [1.165, 1.54) is 7.11 Å². The molecule has 1 N–H and O–H groups in total. The number of hydrogen-bond acceptors (Lipinski definition) is 5. The maximum atomic E-state index is 11.1. The average molecular weight is 350 g/mol. The van der Waals surface area contributed by atoms with Crippen LogP contribution in [0.5, 0.6) is 17.2 Å². The molecule has 2 aromatic carbocycles. The first-order valence-corrected chi connectivity index (χ1v) is 7.69. The number of nitrogens with one attached hydrogen (secondary N) is 1. The number of anilines is 1. The van der Waals surface area contributed by atoms with Gasteiger partial charge in [-0.15, -0.1) is 0 Å². The van der Waals surface area contributed by atoms with Gasteiger partial charge in [0.15, 0.2) is 11.5 Å². The lowest BCUT2D eigenvalue weighted by molar-refractivity contribution is 0.171. The summed E-state index contributed by atoms with van der Waals surface area (Å²) in [5, 5.41) is 3.07. The molecule has 7 heteroatoms. The van der Waals surface area contributed by atoms with Crippen LogP contribution in [0.15, 0.2) is 36.4 Å². The molecule has 0 radical (unpaired) electrons. The van der Waals surface area contributed by atoms with Crippen LogP contribution in [0.3, 0.4) is 0 Å². The number of amides is 1. The second kappa shape index (κ2) is 7.31. The van der Waals surface area contributed by atoms with Gasteiger partial charge in [-0.1, -0.05) is 11.6 Å². The molecule has 0 spiro atoms. The minimum Gasteiger partial charge on any atom is -0.489 e. The third-order valence-corrected chi connectivity index (χ3v) is 3.63. The summed E-state index contributed by atoms with van der Waals surface area (Å²) in [6.07, 6.45) is -0.519. The van der Waals surface area contributed by atoms with Crippen LogP contribution in [0.2, 0.25) is 5.02 Å². The van der Waals surface area contributed by atoms with Crippen molar-refractivity contribution in [3.05, 3.63) is 47.0 Å². The Hall–Kier alpha value is -2.60. The fourth-order valence-electron chi connectivity index (χ4n) is 2.22. The van der Waals surface area contributed by atoms with E-state index in [-0.39, 0.29) is 0 Å². The summed E-state index contributed by atoms with van der Waals surface area (Å²) in [6.45, 7) is 1.33. The number of rotatable bonds is 4. The highest BCUT2D eigenvalue weighted by Crippen LogP contribution is 2.38. The number of halogens is 1. The number of carbonyl (C=O) groups is 1. The standard InChI is InChI=1S/C17H16ClNO5/c1-21-17(20)19-12-2-4-13(5-3-12)24-10-11-8-14(18)16-15(9-11)22-6-7-23-16/h2-5,8-9H,6-7,10H2,1H3,(H,19,20). The molecule has 0 saturated heterocycles. The Morgan fingerprint density at radius 1 is 1.21 bits per heavy atom. The Morgan fingerprint density at radius 2 is 1.96 bits per heavy atom. The molecule has 0 saturated carbocycles. The smallest absolute Gasteiger partial charge is 0.411 e. The summed E-state index contributed by atoms with van der Waals surface area (Å²) >= 11 is 6.20. The van der Waals surface area contributed by atoms with Gasteiger partial charge in [-0.3, -0.25) is 5.32 Å². The van der Waals surface area contributed by atoms with Gasteiger partial charge < -0.3 is 18.9 Å². The van der Waals surface area contributed by atoms with Crippen LogP contribution in [0.1, 0.15) is 5.56 Å². The predicted molar refractivity (Wildman–Crippen MR) is 89.2 cm³/mol. The highest BCUT2D eigenvalue weighted by atomic mass is 35.5. The molecule has 0 atom stereocenters. The molecular formula is C17H16ClNO5. The zero-order chi connectivity index (χ0) is 16.9. The Kier molecular flexibility index (Phi) is 4.96. The van der Waals surface area contributed by atoms with Gasteiger partial charge in [0.05, 0.1) is 12.1 Å². The van der Waals surface area contributed by atoms with Crippen molar-refractivity contribution in [1.29, 1.82) is 0 Å². The maximum Gasteiger partial charge on any atom is 0.411 e. The van der Waals surface area contributed by atoms with Crippen molar-refractivity contribution in [1.82, 2.24) is 0 Å². The molecule has 0 aliphatic carbocycles. The van der Waals surface area contributed by atoms with Crippen LogP contribution in [0.4, 0.5) is 10.5 Å². The molecule has 1 aliphatic rings. The molecule has 0 fully saturated rings. The summed E-state index contributed by atoms with van der Waals surface area (Å²) in [5.74, 6) is 1.87. The van der Waals surface area contributed by atoms with Gasteiger partial charge in [0.25, 0.3) is 0 Å². The van der Waals surface area contributed by atoms with Crippen molar-refractivity contribution in [3.63, 3.8) is 0 Å². The second-order valence-corrected chi connectivity index (χ2v) is 5.44. The van der Waals surface area contributed by atoms with Gasteiger partial charge in [0.1, 0.15) is 25.6 Å². The van der Waals surface area contributed by atoms with Crippen LogP contribution in [-0.4, -0.2) is 26.4 Å². The van der Waals surface area contributed by atoms with E-state index in [2.05, 4.69) is 10.1 Å². The number of fused-ring (bicyclic) bond motifs is 1. The van der Waals surface area contributed by atoms with E-state index in [9.17, 15) is 4.79 Å². The monoisotopic (exact) mass is 349 g/mol. The summed E-state index contributed by atoms with van der Waals surface area (Å²) < 4.78 is 21.3. The molecule has 0 aromatic heterocycles. The normalized spacial score (nSPS) is 12.4. The SMILES string of the molecule is COC(=O)Nc1ccc(OCc2cc(Cl)c3c(c2)OCCO3)cc1. The first-order chi connectivity index (χ1) is 11.7. The van der Waals surface area contributed by atoms with Gasteiger partial charge in [0, 0.05) is 5.69 Å². The lowest BCUT2D eigenvalue weighted by Crippen LogP contribution is -2.16. The average Bonchev–Trinajstić information content (AvgIpc) is 2.61. The van der Waals surface area contributed by atoms with Gasteiger partial charge >= 0.3 is 6.09 Å². The fourth-order valence-corrected chi connectivity index (χ4v) is 2.51. The lowest BCUT2D eigenvalue weighted by Gasteiger charge is -2.20. The number of carbonyl (C=O) groups excluding carboxylic acids is 1. The maximum absolute atomic E-state index is 11.1. The number of benzene rings is 2. The third kappa shape index (κ3) is 3.83. The first kappa shape index (κ1) is 16.3. The number of methoxy groups -OCH3 is 1. The van der Waals surface area contributed by atoms with Gasteiger partial charge in [0.2, 0.25) is 0 Å². The number of hydrogen-bond donors (Lipinski definition) is 1. The Bertz CT molecular complexity index is 733. The Balaban J connectivity index is 1.63. The van der Waals surface area contributed by atoms with Gasteiger partial charge in [-0.2, -0.15) is 0 Å². The molecule has 0 bridgehead atoms. The molecule has 126 valence electrons. The van der Waals surface area contributed by atoms with Crippen molar-refractivity contribution in [2.75, 3.05) is 25.6 Å². The van der Waals surface area contributed by atoms with Crippen molar-refractivity contribution >= 4 is 23.4 Å². The predicted octanol–water partition coefficient (Wildman–Crippen LogP) is 3.87. The second-order valence-electron chi connectivity index (χ2n) is 5.03. The lowest BCUT2D eigenvalue weighted by atomic mass is 10.2. The molecule has 1 amide bonds. The summed E-state index contributed by atoms with van der Waals surface area (Å²) in [7, 11) is 1.31. The van der Waals surface area contributed by atoms with E-state index >= 15 is 0 Å². The molecule has 6 nitrogen and oxygen atoms in total. The molecule has 0 unspecified atom stereocenters. The van der Waals surface area contributed by atoms with E-state index in [0.717, 1.165) is 5.56 Å². The third-order valence-electron chi connectivity index (χ3n) is 3.35. The quantitative estimate of drug-likeness (QED) is 0.907. The molecule has 1 aliphatic heterocycles. The summed E-state index contributed by atoms with van der Waals surface area (Å²) in [4.78, 5) is 11.1. The van der Waals surface area contributed by atoms with Crippen molar-refractivity contribution in [2.45, 2.75) is 6.61 Å². The molecule has 24 heavy (non-hydrogen) atoms. The highest BCUT2D eigenvalue weighted by Gasteiger charge is 2.16. The van der Waals surface area contributed by atoms with E-state index in [0.29, 0.717) is 47.8 Å². The van der Waals surface area contributed by atoms with Crippen LogP contribution in [0, 0.1) is 0 Å². The Morgan fingerprint density at radius 3 is 2.71 bits per heavy atom. The van der Waals surface area contributed by atoms with E-state index in [1.54, 1.807) is 30.3 Å². The van der Waals surface area contributed by atoms with Gasteiger partial charge in [-0.05, 0) is 42.0 Å². The topological polar surface area (TPSA) is 66.0 Å².